The van der Waals surface area contributed by atoms with Crippen molar-refractivity contribution in [3.63, 3.8) is 0 Å². The summed E-state index contributed by atoms with van der Waals surface area (Å²) in [6.07, 6.45) is 2.57. The lowest BCUT2D eigenvalue weighted by molar-refractivity contribution is -0.136. The molecule has 1 aromatic carbocycles. The molecule has 0 amide bonds. The molecule has 5 heteroatoms. The third kappa shape index (κ3) is 3.60. The molecule has 0 fully saturated rings. The van der Waals surface area contributed by atoms with Crippen LogP contribution in [0, 0.1) is 6.92 Å². The van der Waals surface area contributed by atoms with Gasteiger partial charge >= 0.3 is 5.97 Å². The van der Waals surface area contributed by atoms with Crippen molar-refractivity contribution in [2.24, 2.45) is 7.05 Å². The molecule has 2 rings (SSSR count). The maximum atomic E-state index is 10.6. The Balaban J connectivity index is 1.97. The van der Waals surface area contributed by atoms with E-state index in [1.807, 2.05) is 49.1 Å². The molecule has 0 aliphatic carbocycles. The van der Waals surface area contributed by atoms with Crippen LogP contribution in [0.25, 0.3) is 0 Å². The largest absolute Gasteiger partial charge is 0.481 e. The minimum atomic E-state index is -0.769. The van der Waals surface area contributed by atoms with Gasteiger partial charge in [-0.2, -0.15) is 5.10 Å². The van der Waals surface area contributed by atoms with Crippen molar-refractivity contribution in [2.45, 2.75) is 26.3 Å². The first-order valence-electron chi connectivity index (χ1n) is 6.58. The molecule has 0 saturated heterocycles. The Morgan fingerprint density at radius 1 is 1.45 bits per heavy atom. The summed E-state index contributed by atoms with van der Waals surface area (Å²) in [7, 11) is 1.92. The summed E-state index contributed by atoms with van der Waals surface area (Å²) in [6, 6.07) is 7.86. The lowest BCUT2D eigenvalue weighted by atomic mass is 10.1. The Kier molecular flexibility index (Phi) is 4.40. The first-order chi connectivity index (χ1) is 9.56. The molecule has 0 aliphatic rings. The molecule has 106 valence electrons. The van der Waals surface area contributed by atoms with E-state index in [-0.39, 0.29) is 6.42 Å². The molecule has 2 aromatic rings. The average molecular weight is 273 g/mol. The number of aliphatic carboxylic acids is 1. The average Bonchev–Trinajstić information content (AvgIpc) is 2.75. The standard InChI is InChI=1S/C15H19N3O2/c1-11-13(10-17-18(11)2)9-16-14-5-3-4-12(8-14)6-7-15(19)20/h3-5,8,10,16H,6-7,9H2,1-2H3,(H,19,20). The minimum Gasteiger partial charge on any atom is -0.481 e. The van der Waals surface area contributed by atoms with Gasteiger partial charge in [-0.05, 0) is 31.0 Å². The summed E-state index contributed by atoms with van der Waals surface area (Å²) in [4.78, 5) is 10.6. The van der Waals surface area contributed by atoms with E-state index in [9.17, 15) is 4.79 Å². The number of hydrogen-bond acceptors (Lipinski definition) is 3. The van der Waals surface area contributed by atoms with Crippen LogP contribution in [0.2, 0.25) is 0 Å². The van der Waals surface area contributed by atoms with E-state index < -0.39 is 5.97 Å². The van der Waals surface area contributed by atoms with Crippen molar-refractivity contribution in [1.29, 1.82) is 0 Å². The lowest BCUT2D eigenvalue weighted by Crippen LogP contribution is -2.02. The highest BCUT2D eigenvalue weighted by Crippen LogP contribution is 2.14. The van der Waals surface area contributed by atoms with Crippen molar-refractivity contribution in [3.8, 4) is 0 Å². The number of benzene rings is 1. The number of rotatable bonds is 6. The highest BCUT2D eigenvalue weighted by molar-refractivity contribution is 5.67. The van der Waals surface area contributed by atoms with Crippen molar-refractivity contribution in [1.82, 2.24) is 9.78 Å². The van der Waals surface area contributed by atoms with Gasteiger partial charge in [-0.1, -0.05) is 12.1 Å². The van der Waals surface area contributed by atoms with Crippen molar-refractivity contribution in [2.75, 3.05) is 5.32 Å². The van der Waals surface area contributed by atoms with Crippen LogP contribution in [-0.2, 0) is 24.8 Å². The summed E-state index contributed by atoms with van der Waals surface area (Å²) >= 11 is 0. The maximum Gasteiger partial charge on any atom is 0.303 e. The van der Waals surface area contributed by atoms with Crippen LogP contribution in [0.3, 0.4) is 0 Å². The van der Waals surface area contributed by atoms with Gasteiger partial charge in [-0.15, -0.1) is 0 Å². The van der Waals surface area contributed by atoms with Gasteiger partial charge in [0.25, 0.3) is 0 Å². The van der Waals surface area contributed by atoms with Crippen LogP contribution in [0.4, 0.5) is 5.69 Å². The van der Waals surface area contributed by atoms with Crippen molar-refractivity contribution < 1.29 is 9.90 Å². The number of hydrogen-bond donors (Lipinski definition) is 2. The van der Waals surface area contributed by atoms with Gasteiger partial charge < -0.3 is 10.4 Å². The second-order valence-corrected chi connectivity index (χ2v) is 4.83. The fourth-order valence-corrected chi connectivity index (χ4v) is 2.00. The number of carbonyl (C=O) groups is 1. The highest BCUT2D eigenvalue weighted by atomic mass is 16.4. The predicted octanol–water partition coefficient (Wildman–Crippen LogP) is 2.36. The Bertz CT molecular complexity index is 605. The first kappa shape index (κ1) is 14.1. The first-order valence-corrected chi connectivity index (χ1v) is 6.58. The molecule has 1 aromatic heterocycles. The summed E-state index contributed by atoms with van der Waals surface area (Å²) < 4.78 is 1.85. The predicted molar refractivity (Wildman–Crippen MR) is 77.7 cm³/mol. The van der Waals surface area contributed by atoms with Gasteiger partial charge in [0.2, 0.25) is 0 Å². The number of carboxylic acids is 1. The van der Waals surface area contributed by atoms with Crippen LogP contribution in [-0.4, -0.2) is 20.9 Å². The van der Waals surface area contributed by atoms with Crippen molar-refractivity contribution >= 4 is 11.7 Å². The zero-order chi connectivity index (χ0) is 14.5. The van der Waals surface area contributed by atoms with Gasteiger partial charge in [0, 0.05) is 37.0 Å². The molecule has 0 unspecified atom stereocenters. The normalized spacial score (nSPS) is 10.5. The Labute approximate surface area is 118 Å². The van der Waals surface area contributed by atoms with Gasteiger partial charge in [0.1, 0.15) is 0 Å². The molecule has 2 N–H and O–H groups in total. The number of nitrogens with one attached hydrogen (secondary N) is 1. The van der Waals surface area contributed by atoms with E-state index in [0.29, 0.717) is 13.0 Å². The molecule has 1 heterocycles. The molecule has 0 bridgehead atoms. The number of aromatic nitrogens is 2. The zero-order valence-corrected chi connectivity index (χ0v) is 11.8. The Morgan fingerprint density at radius 3 is 2.90 bits per heavy atom. The minimum absolute atomic E-state index is 0.158. The molecule has 0 radical (unpaired) electrons. The highest BCUT2D eigenvalue weighted by Gasteiger charge is 2.04. The lowest BCUT2D eigenvalue weighted by Gasteiger charge is -2.08. The molecular formula is C15H19N3O2. The second kappa shape index (κ2) is 6.23. The quantitative estimate of drug-likeness (QED) is 0.848. The molecule has 20 heavy (non-hydrogen) atoms. The van der Waals surface area contributed by atoms with Crippen LogP contribution in [0.1, 0.15) is 23.2 Å². The van der Waals surface area contributed by atoms with E-state index in [1.165, 1.54) is 0 Å². The van der Waals surface area contributed by atoms with Crippen LogP contribution >= 0.6 is 0 Å². The maximum absolute atomic E-state index is 10.6. The fourth-order valence-electron chi connectivity index (χ4n) is 2.00. The van der Waals surface area contributed by atoms with Crippen LogP contribution in [0.5, 0.6) is 0 Å². The number of aryl methyl sites for hydroxylation is 2. The summed E-state index contributed by atoms with van der Waals surface area (Å²) in [5.41, 5.74) is 4.32. The topological polar surface area (TPSA) is 67.2 Å². The third-order valence-electron chi connectivity index (χ3n) is 3.37. The van der Waals surface area contributed by atoms with E-state index in [4.69, 9.17) is 5.11 Å². The smallest absolute Gasteiger partial charge is 0.303 e. The van der Waals surface area contributed by atoms with E-state index in [0.717, 1.165) is 22.5 Å². The molecule has 0 aliphatic heterocycles. The fraction of sp³-hybridized carbons (Fsp3) is 0.333. The zero-order valence-electron chi connectivity index (χ0n) is 11.8. The molecular weight excluding hydrogens is 254 g/mol. The molecule has 0 saturated carbocycles. The van der Waals surface area contributed by atoms with E-state index >= 15 is 0 Å². The summed E-state index contributed by atoms with van der Waals surface area (Å²) in [6.45, 7) is 2.75. The van der Waals surface area contributed by atoms with Crippen LogP contribution < -0.4 is 5.32 Å². The molecule has 0 atom stereocenters. The number of carboxylic acid groups (broad SMARTS) is 1. The van der Waals surface area contributed by atoms with Gasteiger partial charge in [-0.25, -0.2) is 0 Å². The summed E-state index contributed by atoms with van der Waals surface area (Å²) in [5, 5.41) is 16.3. The van der Waals surface area contributed by atoms with Crippen molar-refractivity contribution in [3.05, 3.63) is 47.3 Å². The number of anilines is 1. The Hall–Kier alpha value is -2.30. The van der Waals surface area contributed by atoms with Crippen LogP contribution in [0.15, 0.2) is 30.5 Å². The van der Waals surface area contributed by atoms with Gasteiger partial charge in [-0.3, -0.25) is 9.48 Å². The van der Waals surface area contributed by atoms with Gasteiger partial charge in [0.05, 0.1) is 6.20 Å². The van der Waals surface area contributed by atoms with E-state index in [1.54, 1.807) is 0 Å². The SMILES string of the molecule is Cc1c(CNc2cccc(CCC(=O)O)c2)cnn1C. The Morgan fingerprint density at radius 2 is 2.25 bits per heavy atom. The van der Waals surface area contributed by atoms with E-state index in [2.05, 4.69) is 10.4 Å². The number of nitrogens with zero attached hydrogens (tertiary/aromatic N) is 2. The molecule has 5 nitrogen and oxygen atoms in total. The van der Waals surface area contributed by atoms with Gasteiger partial charge in [0.15, 0.2) is 0 Å². The summed E-state index contributed by atoms with van der Waals surface area (Å²) in [5.74, 6) is -0.769. The monoisotopic (exact) mass is 273 g/mol. The third-order valence-corrected chi connectivity index (χ3v) is 3.37. The molecule has 0 spiro atoms. The second-order valence-electron chi connectivity index (χ2n) is 4.83.